The molecule has 1 atom stereocenters. The zero-order chi connectivity index (χ0) is 21.6. The fourth-order valence-corrected chi connectivity index (χ4v) is 3.20. The molecule has 2 aromatic rings. The first-order chi connectivity index (χ1) is 15.1. The minimum absolute atomic E-state index is 0.0382. The summed E-state index contributed by atoms with van der Waals surface area (Å²) in [4.78, 5) is 37.8. The van der Waals surface area contributed by atoms with E-state index in [2.05, 4.69) is 10.6 Å². The van der Waals surface area contributed by atoms with Crippen molar-refractivity contribution in [3.63, 3.8) is 0 Å². The van der Waals surface area contributed by atoms with Gasteiger partial charge in [-0.15, -0.1) is 0 Å². The summed E-state index contributed by atoms with van der Waals surface area (Å²) in [5.74, 6) is -0.944. The van der Waals surface area contributed by atoms with E-state index in [1.807, 2.05) is 36.4 Å². The van der Waals surface area contributed by atoms with Crippen molar-refractivity contribution in [3.05, 3.63) is 95.3 Å². The van der Waals surface area contributed by atoms with Gasteiger partial charge in [0.1, 0.15) is 25.9 Å². The lowest BCUT2D eigenvalue weighted by molar-refractivity contribution is -0.145. The van der Waals surface area contributed by atoms with Gasteiger partial charge in [0.15, 0.2) is 0 Å². The maximum absolute atomic E-state index is 12.3. The molecule has 0 saturated carbocycles. The van der Waals surface area contributed by atoms with Crippen molar-refractivity contribution >= 4 is 18.0 Å². The molecule has 158 valence electrons. The van der Waals surface area contributed by atoms with E-state index >= 15 is 0 Å². The smallest absolute Gasteiger partial charge is 0.338 e. The average Bonchev–Trinajstić information content (AvgIpc) is 3.19. The number of benzene rings is 2. The molecule has 2 N–H and O–H groups in total. The van der Waals surface area contributed by atoms with E-state index in [0.29, 0.717) is 11.3 Å². The van der Waals surface area contributed by atoms with Crippen LogP contribution in [0.25, 0.3) is 0 Å². The highest BCUT2D eigenvalue weighted by molar-refractivity contribution is 5.89. The molecule has 0 fully saturated rings. The number of nitrogens with zero attached hydrogens (tertiary/aromatic N) is 1. The Bertz CT molecular complexity index is 1030. The molecule has 2 aliphatic rings. The molecule has 2 amide bonds. The molecular weight excluding hydrogens is 398 g/mol. The summed E-state index contributed by atoms with van der Waals surface area (Å²) >= 11 is 0. The minimum atomic E-state index is -0.513. The maximum Gasteiger partial charge on any atom is 0.338 e. The molecule has 2 aromatic carbocycles. The van der Waals surface area contributed by atoms with Crippen molar-refractivity contribution < 1.29 is 23.9 Å². The van der Waals surface area contributed by atoms with Gasteiger partial charge in [-0.2, -0.15) is 0 Å². The summed E-state index contributed by atoms with van der Waals surface area (Å²) in [6, 6.07) is 17.6. The molecule has 8 nitrogen and oxygen atoms in total. The molecule has 0 saturated heterocycles. The molecule has 0 bridgehead atoms. The van der Waals surface area contributed by atoms with Gasteiger partial charge in [-0.25, -0.2) is 9.59 Å². The molecule has 31 heavy (non-hydrogen) atoms. The number of rotatable bonds is 7. The first-order valence-electron chi connectivity index (χ1n) is 9.76. The molecule has 2 aliphatic heterocycles. The third-order valence-electron chi connectivity index (χ3n) is 4.75. The summed E-state index contributed by atoms with van der Waals surface area (Å²) < 4.78 is 10.6. The van der Waals surface area contributed by atoms with E-state index < -0.39 is 24.1 Å². The van der Waals surface area contributed by atoms with Crippen LogP contribution in [0.3, 0.4) is 0 Å². The minimum Gasteiger partial charge on any atom is -0.459 e. The zero-order valence-corrected chi connectivity index (χ0v) is 16.6. The van der Waals surface area contributed by atoms with Crippen molar-refractivity contribution in [2.75, 3.05) is 13.2 Å². The number of amides is 2. The topological polar surface area (TPSA) is 97.0 Å². The van der Waals surface area contributed by atoms with E-state index in [1.165, 1.54) is 4.90 Å². The summed E-state index contributed by atoms with van der Waals surface area (Å²) in [5.41, 5.74) is 2.73. The summed E-state index contributed by atoms with van der Waals surface area (Å²) in [6.07, 6.45) is 2.94. The lowest BCUT2D eigenvalue weighted by Gasteiger charge is -2.28. The third-order valence-corrected chi connectivity index (χ3v) is 4.75. The van der Waals surface area contributed by atoms with E-state index in [1.54, 1.807) is 36.5 Å². The van der Waals surface area contributed by atoms with Crippen LogP contribution in [0.1, 0.15) is 15.9 Å². The molecular formula is C23H21N3O5. The number of ether oxygens (including phenoxy) is 2. The van der Waals surface area contributed by atoms with E-state index in [9.17, 15) is 14.4 Å². The van der Waals surface area contributed by atoms with E-state index in [0.717, 1.165) is 11.1 Å². The highest BCUT2D eigenvalue weighted by Gasteiger charge is 2.31. The Morgan fingerprint density at radius 3 is 2.35 bits per heavy atom. The largest absolute Gasteiger partial charge is 0.459 e. The lowest BCUT2D eigenvalue weighted by Crippen LogP contribution is -2.52. The second-order valence-electron chi connectivity index (χ2n) is 7.04. The second-order valence-corrected chi connectivity index (χ2v) is 7.04. The Morgan fingerprint density at radius 2 is 1.61 bits per heavy atom. The molecule has 4 rings (SSSR count). The van der Waals surface area contributed by atoms with Gasteiger partial charge in [0, 0.05) is 11.8 Å². The van der Waals surface area contributed by atoms with Gasteiger partial charge in [0.05, 0.1) is 11.3 Å². The number of carbonyl (C=O) groups is 3. The van der Waals surface area contributed by atoms with E-state index in [4.69, 9.17) is 9.47 Å². The number of esters is 2. The molecule has 0 aliphatic carbocycles. The van der Waals surface area contributed by atoms with Crippen molar-refractivity contribution in [1.82, 2.24) is 15.5 Å². The fraction of sp³-hybridized carbons (Fsp3) is 0.174. The number of urea groups is 1. The predicted molar refractivity (Wildman–Crippen MR) is 111 cm³/mol. The number of fused-ring (bicyclic) bond motifs is 1. The molecule has 8 heteroatoms. The Balaban J connectivity index is 1.32. The van der Waals surface area contributed by atoms with Crippen molar-refractivity contribution in [1.29, 1.82) is 0 Å². The van der Waals surface area contributed by atoms with Gasteiger partial charge in [-0.1, -0.05) is 48.5 Å². The molecule has 2 heterocycles. The van der Waals surface area contributed by atoms with Crippen molar-refractivity contribution in [2.45, 2.75) is 12.8 Å². The van der Waals surface area contributed by atoms with Crippen molar-refractivity contribution in [2.24, 2.45) is 0 Å². The predicted octanol–water partition coefficient (Wildman–Crippen LogP) is 2.31. The first kappa shape index (κ1) is 20.2. The molecule has 1 unspecified atom stereocenters. The van der Waals surface area contributed by atoms with Gasteiger partial charge in [0.25, 0.3) is 0 Å². The first-order valence-corrected chi connectivity index (χ1v) is 9.76. The zero-order valence-electron chi connectivity index (χ0n) is 16.6. The molecule has 0 radical (unpaired) electrons. The quantitative estimate of drug-likeness (QED) is 0.669. The normalized spacial score (nSPS) is 17.0. The van der Waals surface area contributed by atoms with Crippen LogP contribution in [-0.4, -0.2) is 42.2 Å². The Labute approximate surface area is 179 Å². The Kier molecular flexibility index (Phi) is 5.98. The summed E-state index contributed by atoms with van der Waals surface area (Å²) in [6.45, 7) is -0.0235. The average molecular weight is 419 g/mol. The third kappa shape index (κ3) is 5.11. The SMILES string of the molecule is O=C(CN1C=C2C=C(COC(=O)c3ccccc3)NC2NC1=O)OCc1ccccc1. The standard InChI is InChI=1S/C23H21N3O5/c27-20(30-14-16-7-3-1-4-8-16)13-26-12-18-11-19(24-21(18)25-23(26)29)15-31-22(28)17-9-5-2-6-10-17/h1-12,21,24H,13-15H2,(H,25,29). The van der Waals surface area contributed by atoms with Crippen LogP contribution < -0.4 is 10.6 Å². The van der Waals surface area contributed by atoms with Crippen molar-refractivity contribution in [3.8, 4) is 0 Å². The Morgan fingerprint density at radius 1 is 0.903 bits per heavy atom. The molecule has 0 spiro atoms. The highest BCUT2D eigenvalue weighted by atomic mass is 16.5. The summed E-state index contributed by atoms with van der Waals surface area (Å²) in [7, 11) is 0. The highest BCUT2D eigenvalue weighted by Crippen LogP contribution is 2.20. The van der Waals surface area contributed by atoms with Crippen LogP contribution in [0.5, 0.6) is 0 Å². The van der Waals surface area contributed by atoms with Gasteiger partial charge in [0.2, 0.25) is 0 Å². The van der Waals surface area contributed by atoms with Crippen LogP contribution in [0.15, 0.2) is 84.2 Å². The Hall–Kier alpha value is -4.07. The second kappa shape index (κ2) is 9.17. The number of hydrogen-bond donors (Lipinski definition) is 2. The van der Waals surface area contributed by atoms with Crippen LogP contribution in [0.4, 0.5) is 4.79 Å². The monoisotopic (exact) mass is 419 g/mol. The lowest BCUT2D eigenvalue weighted by atomic mass is 10.2. The number of hydrogen-bond acceptors (Lipinski definition) is 6. The van der Waals surface area contributed by atoms with Crippen LogP contribution in [-0.2, 0) is 20.9 Å². The maximum atomic E-state index is 12.3. The molecule has 0 aromatic heterocycles. The van der Waals surface area contributed by atoms with Gasteiger partial charge < -0.3 is 20.1 Å². The fourth-order valence-electron chi connectivity index (χ4n) is 3.20. The van der Waals surface area contributed by atoms with Crippen LogP contribution >= 0.6 is 0 Å². The van der Waals surface area contributed by atoms with Crippen LogP contribution in [0, 0.1) is 0 Å². The van der Waals surface area contributed by atoms with Gasteiger partial charge in [-0.05, 0) is 23.8 Å². The van der Waals surface area contributed by atoms with Gasteiger partial charge >= 0.3 is 18.0 Å². The van der Waals surface area contributed by atoms with E-state index in [-0.39, 0.29) is 19.8 Å². The van der Waals surface area contributed by atoms with Gasteiger partial charge in [-0.3, -0.25) is 9.69 Å². The number of nitrogens with one attached hydrogen (secondary N) is 2. The summed E-state index contributed by atoms with van der Waals surface area (Å²) in [5, 5.41) is 5.86. The van der Waals surface area contributed by atoms with Crippen LogP contribution in [0.2, 0.25) is 0 Å². The number of carbonyl (C=O) groups excluding carboxylic acids is 3.